The van der Waals surface area contributed by atoms with Crippen molar-refractivity contribution in [1.82, 2.24) is 24.4 Å². The van der Waals surface area contributed by atoms with E-state index in [0.717, 1.165) is 4.31 Å². The summed E-state index contributed by atoms with van der Waals surface area (Å²) < 4.78 is 35.3. The molecular formula is C30H26Cl4N6O6S. The number of pyridine rings is 1. The van der Waals surface area contributed by atoms with E-state index in [4.69, 9.17) is 51.1 Å². The molecule has 0 saturated carbocycles. The van der Waals surface area contributed by atoms with Crippen LogP contribution in [0.1, 0.15) is 40.1 Å². The number of ether oxygens (including phenoxy) is 1. The first kappa shape index (κ1) is 34.6. The predicted molar refractivity (Wildman–Crippen MR) is 176 cm³/mol. The number of amides is 2. The van der Waals surface area contributed by atoms with Gasteiger partial charge < -0.3 is 15.4 Å². The van der Waals surface area contributed by atoms with Gasteiger partial charge in [-0.2, -0.15) is 9.40 Å². The van der Waals surface area contributed by atoms with Crippen LogP contribution in [0.25, 0.3) is 0 Å². The molecule has 2 aromatic carbocycles. The second-order valence-corrected chi connectivity index (χ2v) is 13.9. The fourth-order valence-electron chi connectivity index (χ4n) is 5.17. The lowest BCUT2D eigenvalue weighted by atomic mass is 10.0. The first-order valence-electron chi connectivity index (χ1n) is 13.9. The highest BCUT2D eigenvalue weighted by Crippen LogP contribution is 2.39. The SMILES string of the molecule is CCn1ncc2c1CN(S(=O)(=O)c1cc(Cl)cc(Cl)c1)[C@@H]2C(=O)N[C@@H](Cc1ccc(NC(=O)c2c(Cl)cncc2Cl)cc1)C(=O)OC. The standard InChI is InChI=1S/C30H26Cl4N6O6S/c1-3-39-25-15-40(47(44,45)20-10-17(31)9-18(32)11-20)27(21(25)12-36-39)29(42)38-24(30(43)46-2)8-16-4-6-19(7-5-16)37-28(41)26-22(33)13-35-14-23(26)34/h4-7,9-14,24,27H,3,8,15H2,1-2H3,(H,37,41)(H,38,42)/t24-,27-/m0/s1. The van der Waals surface area contributed by atoms with Crippen molar-refractivity contribution < 1.29 is 27.5 Å². The van der Waals surface area contributed by atoms with Gasteiger partial charge in [0.05, 0.1) is 46.0 Å². The molecule has 0 unspecified atom stereocenters. The van der Waals surface area contributed by atoms with Crippen molar-refractivity contribution in [2.75, 3.05) is 12.4 Å². The highest BCUT2D eigenvalue weighted by molar-refractivity contribution is 7.89. The molecule has 2 atom stereocenters. The van der Waals surface area contributed by atoms with E-state index in [-0.39, 0.29) is 43.5 Å². The number of aryl methyl sites for hydroxylation is 1. The number of carbonyl (C=O) groups is 3. The number of hydrogen-bond acceptors (Lipinski definition) is 8. The van der Waals surface area contributed by atoms with Crippen LogP contribution in [0.5, 0.6) is 0 Å². The number of fused-ring (bicyclic) bond motifs is 1. The molecule has 17 heteroatoms. The Hall–Kier alpha value is -3.72. The number of carbonyl (C=O) groups excluding carboxylic acids is 3. The van der Waals surface area contributed by atoms with Crippen LogP contribution in [0.3, 0.4) is 0 Å². The van der Waals surface area contributed by atoms with Crippen LogP contribution in [0.4, 0.5) is 5.69 Å². The Labute approximate surface area is 290 Å². The Morgan fingerprint density at radius 3 is 2.23 bits per heavy atom. The van der Waals surface area contributed by atoms with E-state index in [9.17, 15) is 22.8 Å². The fraction of sp³-hybridized carbons (Fsp3) is 0.233. The number of esters is 1. The topological polar surface area (TPSA) is 153 Å². The van der Waals surface area contributed by atoms with Crippen molar-refractivity contribution in [3.8, 4) is 0 Å². The van der Waals surface area contributed by atoms with Gasteiger partial charge in [0.25, 0.3) is 5.91 Å². The van der Waals surface area contributed by atoms with E-state index in [1.807, 2.05) is 6.92 Å². The molecule has 0 saturated heterocycles. The largest absolute Gasteiger partial charge is 0.467 e. The third kappa shape index (κ3) is 7.25. The van der Waals surface area contributed by atoms with Gasteiger partial charge >= 0.3 is 5.97 Å². The Morgan fingerprint density at radius 1 is 1.00 bits per heavy atom. The van der Waals surface area contributed by atoms with E-state index >= 15 is 0 Å². The molecule has 4 aromatic rings. The zero-order valence-electron chi connectivity index (χ0n) is 24.7. The minimum atomic E-state index is -4.31. The zero-order chi connectivity index (χ0) is 34.0. The summed E-state index contributed by atoms with van der Waals surface area (Å²) in [6.07, 6.45) is 4.03. The van der Waals surface area contributed by atoms with Gasteiger partial charge in [-0.15, -0.1) is 0 Å². The van der Waals surface area contributed by atoms with Gasteiger partial charge in [0.2, 0.25) is 15.9 Å². The molecule has 47 heavy (non-hydrogen) atoms. The number of nitrogens with one attached hydrogen (secondary N) is 2. The molecule has 2 aromatic heterocycles. The van der Waals surface area contributed by atoms with Crippen LogP contribution in [-0.2, 0) is 43.9 Å². The first-order chi connectivity index (χ1) is 22.3. The minimum absolute atomic E-state index is 0.0148. The smallest absolute Gasteiger partial charge is 0.328 e. The zero-order valence-corrected chi connectivity index (χ0v) is 28.5. The Morgan fingerprint density at radius 2 is 1.64 bits per heavy atom. The van der Waals surface area contributed by atoms with E-state index in [2.05, 4.69) is 20.7 Å². The molecule has 246 valence electrons. The number of sulfonamides is 1. The minimum Gasteiger partial charge on any atom is -0.467 e. The predicted octanol–water partition coefficient (Wildman–Crippen LogP) is 5.31. The molecule has 12 nitrogen and oxygen atoms in total. The molecule has 2 amide bonds. The van der Waals surface area contributed by atoms with E-state index in [1.165, 1.54) is 43.9 Å². The van der Waals surface area contributed by atoms with Crippen LogP contribution >= 0.6 is 46.4 Å². The van der Waals surface area contributed by atoms with Gasteiger partial charge in [0.15, 0.2) is 0 Å². The Kier molecular flexibility index (Phi) is 10.4. The van der Waals surface area contributed by atoms with E-state index in [1.54, 1.807) is 28.9 Å². The second kappa shape index (κ2) is 14.2. The van der Waals surface area contributed by atoms with Crippen LogP contribution in [0, 0.1) is 0 Å². The number of benzene rings is 2. The maximum absolute atomic E-state index is 13.9. The van der Waals surface area contributed by atoms with Crippen molar-refractivity contribution >= 4 is 79.9 Å². The normalized spacial score (nSPS) is 15.1. The van der Waals surface area contributed by atoms with Crippen LogP contribution in [-0.4, -0.2) is 58.4 Å². The molecule has 1 aliphatic rings. The number of rotatable bonds is 10. The van der Waals surface area contributed by atoms with Crippen LogP contribution in [0.2, 0.25) is 20.1 Å². The van der Waals surface area contributed by atoms with Crippen molar-refractivity contribution in [2.24, 2.45) is 0 Å². The monoisotopic (exact) mass is 738 g/mol. The van der Waals surface area contributed by atoms with Crippen LogP contribution in [0.15, 0.2) is 66.0 Å². The summed E-state index contributed by atoms with van der Waals surface area (Å²) >= 11 is 24.4. The molecule has 0 bridgehead atoms. The molecule has 1 aliphatic heterocycles. The van der Waals surface area contributed by atoms with Gasteiger partial charge in [-0.25, -0.2) is 13.2 Å². The summed E-state index contributed by atoms with van der Waals surface area (Å²) in [7, 11) is -3.13. The lowest BCUT2D eigenvalue weighted by molar-refractivity contribution is -0.145. The van der Waals surface area contributed by atoms with Crippen molar-refractivity contribution in [1.29, 1.82) is 0 Å². The molecule has 2 N–H and O–H groups in total. The van der Waals surface area contributed by atoms with Crippen molar-refractivity contribution in [3.63, 3.8) is 0 Å². The number of aromatic nitrogens is 3. The van der Waals surface area contributed by atoms with Gasteiger partial charge in [0.1, 0.15) is 12.1 Å². The Bertz CT molecular complexity index is 1930. The summed E-state index contributed by atoms with van der Waals surface area (Å²) in [6, 6.07) is 7.82. The summed E-state index contributed by atoms with van der Waals surface area (Å²) in [5, 5.41) is 10.0. The summed E-state index contributed by atoms with van der Waals surface area (Å²) in [6.45, 7) is 2.12. The highest BCUT2D eigenvalue weighted by atomic mass is 35.5. The lowest BCUT2D eigenvalue weighted by Gasteiger charge is -2.26. The lowest BCUT2D eigenvalue weighted by Crippen LogP contribution is -2.48. The van der Waals surface area contributed by atoms with Gasteiger partial charge in [-0.1, -0.05) is 58.5 Å². The third-order valence-corrected chi connectivity index (χ3v) is 10.2. The van der Waals surface area contributed by atoms with Gasteiger partial charge in [-0.3, -0.25) is 19.3 Å². The molecule has 5 rings (SSSR count). The van der Waals surface area contributed by atoms with Gasteiger partial charge in [0, 0.05) is 46.7 Å². The molecule has 0 radical (unpaired) electrons. The quantitative estimate of drug-likeness (QED) is 0.208. The first-order valence-corrected chi connectivity index (χ1v) is 16.9. The maximum Gasteiger partial charge on any atom is 0.328 e. The number of anilines is 1. The molecule has 0 fully saturated rings. The number of methoxy groups -OCH3 is 1. The molecular weight excluding hydrogens is 714 g/mol. The highest BCUT2D eigenvalue weighted by Gasteiger charge is 2.46. The fourth-order valence-corrected chi connectivity index (χ4v) is 7.96. The van der Waals surface area contributed by atoms with Crippen molar-refractivity contribution in [3.05, 3.63) is 104 Å². The third-order valence-electron chi connectivity index (χ3n) is 7.39. The number of halogens is 4. The Balaban J connectivity index is 1.38. The van der Waals surface area contributed by atoms with Crippen LogP contribution < -0.4 is 10.6 Å². The van der Waals surface area contributed by atoms with E-state index in [0.29, 0.717) is 29.1 Å². The summed E-state index contributed by atoms with van der Waals surface area (Å²) in [5.74, 6) is -2.06. The number of nitrogens with zero attached hydrogens (tertiary/aromatic N) is 4. The average molecular weight is 740 g/mol. The summed E-state index contributed by atoms with van der Waals surface area (Å²) in [5.41, 5.74) is 1.98. The van der Waals surface area contributed by atoms with E-state index < -0.39 is 39.9 Å². The second-order valence-electron chi connectivity index (χ2n) is 10.3. The molecule has 0 aliphatic carbocycles. The molecule has 3 heterocycles. The maximum atomic E-state index is 13.9. The van der Waals surface area contributed by atoms with Gasteiger partial charge in [-0.05, 0) is 42.8 Å². The average Bonchev–Trinajstić information content (AvgIpc) is 3.60. The number of hydrogen-bond donors (Lipinski definition) is 2. The summed E-state index contributed by atoms with van der Waals surface area (Å²) in [4.78, 5) is 43.2. The molecule has 0 spiro atoms. The van der Waals surface area contributed by atoms with Crippen molar-refractivity contribution in [2.45, 2.75) is 43.4 Å².